The number of rotatable bonds is 4. The van der Waals surface area contributed by atoms with Crippen LogP contribution in [0.1, 0.15) is 0 Å². The van der Waals surface area contributed by atoms with Crippen LogP contribution in [0.3, 0.4) is 0 Å². The third-order valence-corrected chi connectivity index (χ3v) is 6.67. The van der Waals surface area contributed by atoms with Crippen molar-refractivity contribution in [1.82, 2.24) is 9.97 Å². The largest absolute Gasteiger partial charge is 0.362 e. The number of nitro groups is 1. The Hall–Kier alpha value is -2.79. The van der Waals surface area contributed by atoms with Crippen molar-refractivity contribution in [2.45, 2.75) is 4.90 Å². The Labute approximate surface area is 165 Å². The molecule has 28 heavy (non-hydrogen) atoms. The van der Waals surface area contributed by atoms with Gasteiger partial charge < -0.3 is 9.80 Å². The molecule has 3 heterocycles. The van der Waals surface area contributed by atoms with E-state index in [1.165, 1.54) is 6.07 Å². The topological polar surface area (TPSA) is 110 Å². The van der Waals surface area contributed by atoms with Gasteiger partial charge in [0.1, 0.15) is 27.6 Å². The van der Waals surface area contributed by atoms with E-state index in [2.05, 4.69) is 14.9 Å². The van der Waals surface area contributed by atoms with Crippen LogP contribution in [0.2, 0.25) is 0 Å². The molecule has 0 amide bonds. The number of benzene rings is 1. The highest BCUT2D eigenvalue weighted by atomic mass is 32.2. The third-order valence-electron chi connectivity index (χ3n) is 4.72. The number of nitro benzene ring substituents is 1. The maximum atomic E-state index is 12.0. The second-order valence-corrected chi connectivity index (χ2v) is 9.34. The van der Waals surface area contributed by atoms with Gasteiger partial charge in [-0.15, -0.1) is 11.3 Å². The van der Waals surface area contributed by atoms with Gasteiger partial charge in [-0.2, -0.15) is 0 Å². The van der Waals surface area contributed by atoms with Gasteiger partial charge >= 0.3 is 5.69 Å². The molecule has 0 radical (unpaired) electrons. The van der Waals surface area contributed by atoms with Crippen LogP contribution in [0.15, 0.2) is 40.9 Å². The zero-order chi connectivity index (χ0) is 19.9. The molecule has 0 aliphatic carbocycles. The van der Waals surface area contributed by atoms with Crippen molar-refractivity contribution in [2.24, 2.45) is 0 Å². The molecule has 0 spiro atoms. The van der Waals surface area contributed by atoms with E-state index >= 15 is 0 Å². The molecule has 1 fully saturated rings. The van der Waals surface area contributed by atoms with Crippen LogP contribution in [-0.2, 0) is 9.84 Å². The molecule has 1 saturated heterocycles. The predicted molar refractivity (Wildman–Crippen MR) is 108 cm³/mol. The minimum atomic E-state index is -3.71. The van der Waals surface area contributed by atoms with Crippen molar-refractivity contribution in [2.75, 3.05) is 42.2 Å². The molecule has 1 aliphatic heterocycles. The molecule has 3 aromatic rings. The molecule has 9 nitrogen and oxygen atoms in total. The van der Waals surface area contributed by atoms with Crippen LogP contribution in [0, 0.1) is 10.1 Å². The van der Waals surface area contributed by atoms with Gasteiger partial charge in [-0.3, -0.25) is 10.1 Å². The molecule has 0 N–H and O–H groups in total. The summed E-state index contributed by atoms with van der Waals surface area (Å²) < 4.78 is 24.0. The number of nitrogens with zero attached hydrogens (tertiary/aromatic N) is 5. The minimum absolute atomic E-state index is 0.256. The second-order valence-electron chi connectivity index (χ2n) is 6.46. The fraction of sp³-hybridized carbons (Fsp3) is 0.294. The van der Waals surface area contributed by atoms with Crippen LogP contribution >= 0.6 is 11.3 Å². The molecular weight excluding hydrogens is 402 g/mol. The SMILES string of the molecule is CS(=O)(=O)c1cccc(N2CCN(c3ncnc4sccc34)CC2)c1[N+](=O)[O-]. The first-order chi connectivity index (χ1) is 13.4. The van der Waals surface area contributed by atoms with Gasteiger partial charge in [0.2, 0.25) is 0 Å². The average Bonchev–Trinajstić information content (AvgIpc) is 3.15. The van der Waals surface area contributed by atoms with Gasteiger partial charge in [-0.05, 0) is 23.6 Å². The molecule has 1 aromatic carbocycles. The maximum absolute atomic E-state index is 12.0. The molecule has 0 unspecified atom stereocenters. The molecular formula is C17H17N5O4S2. The van der Waals surface area contributed by atoms with Crippen molar-refractivity contribution in [3.63, 3.8) is 0 Å². The molecule has 146 valence electrons. The Morgan fingerprint density at radius 1 is 1.11 bits per heavy atom. The third kappa shape index (κ3) is 3.27. The molecule has 1 aliphatic rings. The van der Waals surface area contributed by atoms with Crippen LogP contribution in [0.25, 0.3) is 10.2 Å². The number of piperazine rings is 1. The number of aromatic nitrogens is 2. The lowest BCUT2D eigenvalue weighted by Gasteiger charge is -2.36. The fourth-order valence-corrected chi connectivity index (χ4v) is 5.02. The summed E-state index contributed by atoms with van der Waals surface area (Å²) >= 11 is 1.55. The quantitative estimate of drug-likeness (QED) is 0.468. The highest BCUT2D eigenvalue weighted by molar-refractivity contribution is 7.90. The average molecular weight is 419 g/mol. The van der Waals surface area contributed by atoms with E-state index < -0.39 is 14.8 Å². The van der Waals surface area contributed by atoms with Gasteiger partial charge in [-0.1, -0.05) is 6.07 Å². The summed E-state index contributed by atoms with van der Waals surface area (Å²) in [5.41, 5.74) is -0.0309. The first kappa shape index (κ1) is 18.6. The van der Waals surface area contributed by atoms with E-state index in [9.17, 15) is 18.5 Å². The minimum Gasteiger partial charge on any atom is -0.362 e. The van der Waals surface area contributed by atoms with Crippen molar-refractivity contribution in [3.8, 4) is 0 Å². The van der Waals surface area contributed by atoms with Crippen LogP contribution in [-0.4, -0.2) is 55.7 Å². The van der Waals surface area contributed by atoms with E-state index in [1.54, 1.807) is 29.8 Å². The van der Waals surface area contributed by atoms with Crippen LogP contribution < -0.4 is 9.80 Å². The number of sulfone groups is 1. The van der Waals surface area contributed by atoms with Gasteiger partial charge in [0, 0.05) is 32.4 Å². The van der Waals surface area contributed by atoms with Gasteiger partial charge in [0.25, 0.3) is 0 Å². The Morgan fingerprint density at radius 2 is 1.82 bits per heavy atom. The fourth-order valence-electron chi connectivity index (χ4n) is 3.44. The summed E-state index contributed by atoms with van der Waals surface area (Å²) in [6, 6.07) is 6.41. The zero-order valence-corrected chi connectivity index (χ0v) is 16.6. The number of anilines is 2. The number of para-hydroxylation sites is 1. The normalized spacial score (nSPS) is 15.2. The number of fused-ring (bicyclic) bond motifs is 1. The lowest BCUT2D eigenvalue weighted by atomic mass is 10.2. The molecule has 11 heteroatoms. The highest BCUT2D eigenvalue weighted by Gasteiger charge is 2.30. The summed E-state index contributed by atoms with van der Waals surface area (Å²) in [5.74, 6) is 0.852. The zero-order valence-electron chi connectivity index (χ0n) is 15.0. The Kier molecular flexibility index (Phi) is 4.63. The maximum Gasteiger partial charge on any atom is 0.311 e. The van der Waals surface area contributed by atoms with Crippen molar-refractivity contribution in [3.05, 3.63) is 46.1 Å². The van der Waals surface area contributed by atoms with Crippen molar-refractivity contribution in [1.29, 1.82) is 0 Å². The predicted octanol–water partition coefficient (Wildman–Crippen LogP) is 2.33. The van der Waals surface area contributed by atoms with E-state index in [-0.39, 0.29) is 10.6 Å². The summed E-state index contributed by atoms with van der Waals surface area (Å²) in [7, 11) is -3.71. The van der Waals surface area contributed by atoms with Gasteiger partial charge in [-0.25, -0.2) is 18.4 Å². The van der Waals surface area contributed by atoms with E-state index in [0.29, 0.717) is 31.9 Å². The first-order valence-corrected chi connectivity index (χ1v) is 11.3. The first-order valence-electron chi connectivity index (χ1n) is 8.52. The molecule has 0 bridgehead atoms. The van der Waals surface area contributed by atoms with Gasteiger partial charge in [0.15, 0.2) is 9.84 Å². The summed E-state index contributed by atoms with van der Waals surface area (Å²) in [5, 5.41) is 14.6. The summed E-state index contributed by atoms with van der Waals surface area (Å²) in [6.07, 6.45) is 2.53. The van der Waals surface area contributed by atoms with Crippen molar-refractivity contribution >= 4 is 48.6 Å². The van der Waals surface area contributed by atoms with Gasteiger partial charge in [0.05, 0.1) is 10.3 Å². The van der Waals surface area contributed by atoms with E-state index in [4.69, 9.17) is 0 Å². The highest BCUT2D eigenvalue weighted by Crippen LogP contribution is 2.36. The van der Waals surface area contributed by atoms with E-state index in [0.717, 1.165) is 22.3 Å². The smallest absolute Gasteiger partial charge is 0.311 e. The van der Waals surface area contributed by atoms with Crippen LogP contribution in [0.5, 0.6) is 0 Å². The molecule has 0 atom stereocenters. The van der Waals surface area contributed by atoms with Crippen LogP contribution in [0.4, 0.5) is 17.2 Å². The summed E-state index contributed by atoms with van der Waals surface area (Å²) in [6.45, 7) is 2.26. The Morgan fingerprint density at radius 3 is 2.50 bits per heavy atom. The standard InChI is InChI=1S/C17H17N5O4S2/c1-28(25,26)14-4-2-3-13(15(14)22(23)24)20-6-8-21(9-7-20)16-12-5-10-27-17(12)19-11-18-16/h2-5,10-11H,6-9H2,1H3. The Bertz CT molecular complexity index is 1150. The lowest BCUT2D eigenvalue weighted by molar-refractivity contribution is -0.387. The monoisotopic (exact) mass is 419 g/mol. The molecule has 2 aromatic heterocycles. The number of hydrogen-bond donors (Lipinski definition) is 0. The van der Waals surface area contributed by atoms with E-state index in [1.807, 2.05) is 16.3 Å². The molecule has 0 saturated carbocycles. The number of thiophene rings is 1. The second kappa shape index (κ2) is 6.99. The summed E-state index contributed by atoms with van der Waals surface area (Å²) in [4.78, 5) is 24.3. The number of hydrogen-bond acceptors (Lipinski definition) is 9. The lowest BCUT2D eigenvalue weighted by Crippen LogP contribution is -2.47. The van der Waals surface area contributed by atoms with Crippen molar-refractivity contribution < 1.29 is 13.3 Å². The Balaban J connectivity index is 1.63. The molecule has 4 rings (SSSR count).